The summed E-state index contributed by atoms with van der Waals surface area (Å²) in [5.74, 6) is 0.188. The molecule has 0 atom stereocenters. The summed E-state index contributed by atoms with van der Waals surface area (Å²) in [7, 11) is 0. The fraction of sp³-hybridized carbons (Fsp3) is 0.500. The molecule has 1 aromatic rings. The Morgan fingerprint density at radius 2 is 1.92 bits per heavy atom. The van der Waals surface area contributed by atoms with Crippen molar-refractivity contribution in [3.8, 4) is 0 Å². The van der Waals surface area contributed by atoms with Crippen LogP contribution in [0.15, 0.2) is 33.6 Å². The van der Waals surface area contributed by atoms with Crippen molar-refractivity contribution in [3.63, 3.8) is 0 Å². The molecule has 1 heterocycles. The number of amides is 4. The second-order valence-corrected chi connectivity index (χ2v) is 8.59. The van der Waals surface area contributed by atoms with E-state index < -0.39 is 5.54 Å². The van der Waals surface area contributed by atoms with Gasteiger partial charge < -0.3 is 10.6 Å². The molecule has 2 N–H and O–H groups in total. The smallest absolute Gasteiger partial charge is 0.325 e. The lowest BCUT2D eigenvalue weighted by Crippen LogP contribution is -2.44. The number of carbonyl (C=O) groups excluding carboxylic acids is 3. The number of halogens is 1. The molecule has 0 bridgehead atoms. The highest BCUT2D eigenvalue weighted by molar-refractivity contribution is 9.10. The van der Waals surface area contributed by atoms with Gasteiger partial charge in [0, 0.05) is 22.5 Å². The van der Waals surface area contributed by atoms with E-state index in [0.29, 0.717) is 25.3 Å². The van der Waals surface area contributed by atoms with Gasteiger partial charge in [0.1, 0.15) is 5.54 Å². The molecule has 4 amide bonds. The molecule has 1 saturated carbocycles. The minimum Gasteiger partial charge on any atom is -0.355 e. The second-order valence-electron chi connectivity index (χ2n) is 6.62. The van der Waals surface area contributed by atoms with Crippen LogP contribution >= 0.6 is 27.7 Å². The monoisotopic (exact) mass is 439 g/mol. The van der Waals surface area contributed by atoms with Crippen molar-refractivity contribution in [1.82, 2.24) is 15.5 Å². The van der Waals surface area contributed by atoms with E-state index in [4.69, 9.17) is 0 Å². The third kappa shape index (κ3) is 4.40. The van der Waals surface area contributed by atoms with Gasteiger partial charge in [0.05, 0.1) is 5.75 Å². The number of urea groups is 1. The normalized spacial score (nSPS) is 18.4. The molecule has 1 aromatic carbocycles. The van der Waals surface area contributed by atoms with Crippen molar-refractivity contribution < 1.29 is 14.4 Å². The lowest BCUT2D eigenvalue weighted by atomic mass is 9.98. The van der Waals surface area contributed by atoms with Crippen LogP contribution in [-0.2, 0) is 9.59 Å². The molecular weight excluding hydrogens is 418 g/mol. The van der Waals surface area contributed by atoms with Crippen LogP contribution in [0.1, 0.15) is 32.1 Å². The summed E-state index contributed by atoms with van der Waals surface area (Å²) < 4.78 is 1.01. The van der Waals surface area contributed by atoms with Crippen LogP contribution in [0.5, 0.6) is 0 Å². The topological polar surface area (TPSA) is 78.5 Å². The van der Waals surface area contributed by atoms with Crippen LogP contribution in [0.25, 0.3) is 0 Å². The van der Waals surface area contributed by atoms with Crippen molar-refractivity contribution in [2.24, 2.45) is 0 Å². The molecule has 8 heteroatoms. The molecule has 0 unspecified atom stereocenters. The molecule has 140 valence electrons. The van der Waals surface area contributed by atoms with Gasteiger partial charge >= 0.3 is 6.03 Å². The lowest BCUT2D eigenvalue weighted by molar-refractivity contribution is -0.131. The number of hydrogen-bond donors (Lipinski definition) is 2. The van der Waals surface area contributed by atoms with Crippen LogP contribution in [0.4, 0.5) is 4.79 Å². The van der Waals surface area contributed by atoms with Crippen molar-refractivity contribution in [2.45, 2.75) is 42.5 Å². The highest BCUT2D eigenvalue weighted by atomic mass is 79.9. The number of nitrogens with one attached hydrogen (secondary N) is 2. The molecule has 0 aromatic heterocycles. The summed E-state index contributed by atoms with van der Waals surface area (Å²) in [6.07, 6.45) is 3.98. The molecular formula is C18H22BrN3O3S. The number of benzene rings is 1. The maximum atomic E-state index is 12.5. The van der Waals surface area contributed by atoms with Gasteiger partial charge in [-0.1, -0.05) is 28.8 Å². The molecule has 1 saturated heterocycles. The predicted molar refractivity (Wildman–Crippen MR) is 104 cm³/mol. The number of rotatable bonds is 7. The Labute approximate surface area is 165 Å². The Balaban J connectivity index is 1.36. The fourth-order valence-corrected chi connectivity index (χ4v) is 4.39. The van der Waals surface area contributed by atoms with Crippen molar-refractivity contribution >= 4 is 45.5 Å². The zero-order chi connectivity index (χ0) is 18.6. The first-order chi connectivity index (χ1) is 12.5. The molecule has 2 aliphatic rings. The summed E-state index contributed by atoms with van der Waals surface area (Å²) in [4.78, 5) is 38.8. The minimum absolute atomic E-state index is 0.0534. The Bertz CT molecular complexity index is 689. The minimum atomic E-state index is -0.651. The van der Waals surface area contributed by atoms with Crippen molar-refractivity contribution in [2.75, 3.05) is 18.8 Å². The average Bonchev–Trinajstić information content (AvgIpc) is 3.18. The molecule has 2 fully saturated rings. The first-order valence-corrected chi connectivity index (χ1v) is 10.6. The molecule has 1 spiro atoms. The maximum absolute atomic E-state index is 12.5. The molecule has 1 aliphatic heterocycles. The van der Waals surface area contributed by atoms with E-state index in [2.05, 4.69) is 26.6 Å². The maximum Gasteiger partial charge on any atom is 0.325 e. The van der Waals surface area contributed by atoms with E-state index in [1.54, 1.807) is 0 Å². The van der Waals surface area contributed by atoms with Crippen molar-refractivity contribution in [3.05, 3.63) is 28.7 Å². The zero-order valence-corrected chi connectivity index (χ0v) is 16.8. The Kier molecular flexibility index (Phi) is 6.24. The van der Waals surface area contributed by atoms with Gasteiger partial charge in [-0.3, -0.25) is 14.5 Å². The van der Waals surface area contributed by atoms with Crippen LogP contribution in [0.3, 0.4) is 0 Å². The summed E-state index contributed by atoms with van der Waals surface area (Å²) in [6.45, 7) is 0.788. The SMILES string of the molecule is O=C(CSc1ccc(Br)cc1)NCCCN1C(=O)NC2(CCCC2)C1=O. The summed E-state index contributed by atoms with van der Waals surface area (Å²) >= 11 is 4.85. The van der Waals surface area contributed by atoms with E-state index >= 15 is 0 Å². The van der Waals surface area contributed by atoms with Crippen LogP contribution in [0.2, 0.25) is 0 Å². The summed E-state index contributed by atoms with van der Waals surface area (Å²) in [6, 6.07) is 7.50. The van der Waals surface area contributed by atoms with Gasteiger partial charge in [-0.05, 0) is 43.5 Å². The fourth-order valence-electron chi connectivity index (χ4n) is 3.39. The lowest BCUT2D eigenvalue weighted by Gasteiger charge is -2.20. The average molecular weight is 440 g/mol. The standard InChI is InChI=1S/C18H22BrN3O3S/c19-13-4-6-14(7-5-13)26-12-15(23)20-10-3-11-22-16(24)18(21-17(22)25)8-1-2-9-18/h4-7H,1-3,8-12H2,(H,20,23)(H,21,25). The van der Waals surface area contributed by atoms with E-state index in [-0.39, 0.29) is 17.8 Å². The highest BCUT2D eigenvalue weighted by Gasteiger charge is 2.51. The number of hydrogen-bond acceptors (Lipinski definition) is 4. The predicted octanol–water partition coefficient (Wildman–Crippen LogP) is 2.91. The number of thioether (sulfide) groups is 1. The molecule has 3 rings (SSSR count). The second kappa shape index (κ2) is 8.43. The first-order valence-electron chi connectivity index (χ1n) is 8.79. The van der Waals surface area contributed by atoms with Gasteiger partial charge in [-0.25, -0.2) is 4.79 Å². The summed E-state index contributed by atoms with van der Waals surface area (Å²) in [5, 5.41) is 5.70. The molecule has 6 nitrogen and oxygen atoms in total. The van der Waals surface area contributed by atoms with Gasteiger partial charge in [0.25, 0.3) is 5.91 Å². The third-order valence-electron chi connectivity index (χ3n) is 4.77. The summed E-state index contributed by atoms with van der Waals surface area (Å²) in [5.41, 5.74) is -0.651. The van der Waals surface area contributed by atoms with Gasteiger partial charge in [-0.2, -0.15) is 0 Å². The quantitative estimate of drug-likeness (QED) is 0.388. The number of carbonyl (C=O) groups is 3. The van der Waals surface area contributed by atoms with Crippen LogP contribution in [-0.4, -0.2) is 47.1 Å². The molecule has 0 radical (unpaired) electrons. The van der Waals surface area contributed by atoms with Gasteiger partial charge in [-0.15, -0.1) is 11.8 Å². The third-order valence-corrected chi connectivity index (χ3v) is 6.31. The van der Waals surface area contributed by atoms with Crippen LogP contribution in [0, 0.1) is 0 Å². The number of nitrogens with zero attached hydrogens (tertiary/aromatic N) is 1. The number of imide groups is 1. The van der Waals surface area contributed by atoms with E-state index in [1.165, 1.54) is 16.7 Å². The first kappa shape index (κ1) is 19.2. The van der Waals surface area contributed by atoms with Gasteiger partial charge in [0.2, 0.25) is 5.91 Å². The molecule has 1 aliphatic carbocycles. The van der Waals surface area contributed by atoms with Crippen LogP contribution < -0.4 is 10.6 Å². The largest absolute Gasteiger partial charge is 0.355 e. The van der Waals surface area contributed by atoms with Crippen molar-refractivity contribution in [1.29, 1.82) is 0 Å². The van der Waals surface area contributed by atoms with E-state index in [9.17, 15) is 14.4 Å². The highest BCUT2D eigenvalue weighted by Crippen LogP contribution is 2.34. The Morgan fingerprint density at radius 1 is 1.23 bits per heavy atom. The van der Waals surface area contributed by atoms with E-state index in [0.717, 1.165) is 35.1 Å². The van der Waals surface area contributed by atoms with Gasteiger partial charge in [0.15, 0.2) is 0 Å². The Hall–Kier alpha value is -1.54. The zero-order valence-electron chi connectivity index (χ0n) is 14.4. The van der Waals surface area contributed by atoms with E-state index in [1.807, 2.05) is 24.3 Å². The molecule has 26 heavy (non-hydrogen) atoms. The Morgan fingerprint density at radius 3 is 2.62 bits per heavy atom.